The van der Waals surface area contributed by atoms with Crippen molar-refractivity contribution in [2.75, 3.05) is 13.7 Å². The summed E-state index contributed by atoms with van der Waals surface area (Å²) in [6.45, 7) is 2.65. The van der Waals surface area contributed by atoms with Crippen molar-refractivity contribution in [2.45, 2.75) is 25.5 Å². The number of ether oxygens (including phenoxy) is 1. The average Bonchev–Trinajstić information content (AvgIpc) is 2.84. The average molecular weight is 226 g/mol. The molecule has 82 valence electrons. The van der Waals surface area contributed by atoms with E-state index in [2.05, 4.69) is 9.69 Å². The predicted molar refractivity (Wildman–Crippen MR) is 58.4 cm³/mol. The zero-order valence-electron chi connectivity index (χ0n) is 8.82. The molecule has 0 radical (unpaired) electrons. The van der Waals surface area contributed by atoms with Gasteiger partial charge < -0.3 is 10.1 Å². The molecule has 15 heavy (non-hydrogen) atoms. The van der Waals surface area contributed by atoms with Crippen LogP contribution in [0.5, 0.6) is 0 Å². The van der Waals surface area contributed by atoms with Gasteiger partial charge in [0.25, 0.3) is 0 Å². The predicted octanol–water partition coefficient (Wildman–Crippen LogP) is 1.01. The van der Waals surface area contributed by atoms with Crippen LogP contribution in [-0.4, -0.2) is 36.0 Å². The van der Waals surface area contributed by atoms with Gasteiger partial charge in [0, 0.05) is 13.7 Å². The summed E-state index contributed by atoms with van der Waals surface area (Å²) in [6, 6.07) is 1.74. The van der Waals surface area contributed by atoms with Gasteiger partial charge in [0.05, 0.1) is 22.7 Å². The summed E-state index contributed by atoms with van der Waals surface area (Å²) in [5.41, 5.74) is 0.907. The zero-order chi connectivity index (χ0) is 10.8. The highest BCUT2D eigenvalue weighted by Gasteiger charge is 2.30. The van der Waals surface area contributed by atoms with Gasteiger partial charge in [0.2, 0.25) is 0 Å². The Morgan fingerprint density at radius 2 is 2.53 bits per heavy atom. The monoisotopic (exact) mass is 226 g/mol. The summed E-state index contributed by atoms with van der Waals surface area (Å²) in [7, 11) is 1.68. The van der Waals surface area contributed by atoms with Crippen molar-refractivity contribution >= 4 is 17.3 Å². The third kappa shape index (κ3) is 2.25. The molecule has 1 aromatic rings. The number of nitrogens with one attached hydrogen (secondary N) is 1. The molecule has 0 bridgehead atoms. The van der Waals surface area contributed by atoms with E-state index >= 15 is 0 Å². The Bertz CT molecular complexity index is 364. The Morgan fingerprint density at radius 1 is 1.73 bits per heavy atom. The molecule has 0 amide bonds. The quantitative estimate of drug-likeness (QED) is 0.782. The first-order valence-corrected chi connectivity index (χ1v) is 5.71. The Morgan fingerprint density at radius 3 is 3.07 bits per heavy atom. The lowest BCUT2D eigenvalue weighted by atomic mass is 10.1. The Kier molecular flexibility index (Phi) is 3.14. The van der Waals surface area contributed by atoms with E-state index in [9.17, 15) is 4.79 Å². The van der Waals surface area contributed by atoms with Gasteiger partial charge in [-0.05, 0) is 30.9 Å². The Balaban J connectivity index is 2.03. The Labute approximate surface area is 92.8 Å². The molecule has 4 nitrogen and oxygen atoms in total. The van der Waals surface area contributed by atoms with Gasteiger partial charge in [0.1, 0.15) is 0 Å². The highest BCUT2D eigenvalue weighted by molar-refractivity contribution is 7.08. The van der Waals surface area contributed by atoms with Crippen molar-refractivity contribution in [3.05, 3.63) is 16.6 Å². The van der Waals surface area contributed by atoms with Crippen LogP contribution in [-0.2, 0) is 4.74 Å². The van der Waals surface area contributed by atoms with Crippen LogP contribution in [0.4, 0.5) is 0 Å². The molecular weight excluding hydrogens is 212 g/mol. The van der Waals surface area contributed by atoms with Crippen molar-refractivity contribution in [1.82, 2.24) is 9.69 Å². The van der Waals surface area contributed by atoms with E-state index in [1.807, 2.05) is 13.0 Å². The molecule has 1 fully saturated rings. The third-order valence-electron chi connectivity index (χ3n) is 2.61. The molecule has 0 aliphatic carbocycles. The molecule has 5 heteroatoms. The van der Waals surface area contributed by atoms with Crippen LogP contribution >= 0.6 is 11.5 Å². The topological polar surface area (TPSA) is 51.2 Å². The molecule has 1 N–H and O–H groups in total. The third-order valence-corrected chi connectivity index (χ3v) is 3.51. The number of Topliss-reactive ketones (excluding diaryl/α,β-unsaturated/α-hetero) is 1. The minimum Gasteiger partial charge on any atom is -0.380 e. The number of nitrogens with zero attached hydrogens (tertiary/aromatic N) is 1. The van der Waals surface area contributed by atoms with Gasteiger partial charge in [0.15, 0.2) is 5.78 Å². The first-order valence-electron chi connectivity index (χ1n) is 4.94. The number of carbonyl (C=O) groups excluding carboxylic acids is 1. The maximum absolute atomic E-state index is 12.0. The second kappa shape index (κ2) is 4.38. The van der Waals surface area contributed by atoms with E-state index in [1.54, 1.807) is 7.11 Å². The molecule has 0 aromatic carbocycles. The summed E-state index contributed by atoms with van der Waals surface area (Å²) in [6.07, 6.45) is 0.916. The van der Waals surface area contributed by atoms with Crippen molar-refractivity contribution in [3.8, 4) is 0 Å². The number of methoxy groups -OCH3 is 1. The summed E-state index contributed by atoms with van der Waals surface area (Å²) in [5, 5.41) is 3.17. The largest absolute Gasteiger partial charge is 0.380 e. The minimum absolute atomic E-state index is 0.102. The molecule has 1 aromatic heterocycles. The minimum atomic E-state index is -0.102. The van der Waals surface area contributed by atoms with E-state index in [-0.39, 0.29) is 17.9 Å². The van der Waals surface area contributed by atoms with Crippen molar-refractivity contribution in [3.63, 3.8) is 0 Å². The lowest BCUT2D eigenvalue weighted by Crippen LogP contribution is -2.30. The van der Waals surface area contributed by atoms with Crippen molar-refractivity contribution in [2.24, 2.45) is 0 Å². The number of aromatic nitrogens is 1. The second-order valence-electron chi connectivity index (χ2n) is 3.75. The first kappa shape index (κ1) is 10.7. The van der Waals surface area contributed by atoms with E-state index in [1.165, 1.54) is 11.5 Å². The van der Waals surface area contributed by atoms with Gasteiger partial charge in [-0.25, -0.2) is 0 Å². The van der Waals surface area contributed by atoms with E-state index < -0.39 is 0 Å². The summed E-state index contributed by atoms with van der Waals surface area (Å²) >= 11 is 1.27. The summed E-state index contributed by atoms with van der Waals surface area (Å²) in [4.78, 5) is 12.7. The van der Waals surface area contributed by atoms with E-state index in [4.69, 9.17) is 4.74 Å². The maximum atomic E-state index is 12.0. The molecule has 2 atom stereocenters. The molecule has 0 spiro atoms. The molecule has 0 saturated carbocycles. The van der Waals surface area contributed by atoms with Gasteiger partial charge in [-0.1, -0.05) is 0 Å². The van der Waals surface area contributed by atoms with Crippen molar-refractivity contribution < 1.29 is 9.53 Å². The fourth-order valence-electron chi connectivity index (χ4n) is 1.73. The van der Waals surface area contributed by atoms with E-state index in [0.29, 0.717) is 0 Å². The summed E-state index contributed by atoms with van der Waals surface area (Å²) < 4.78 is 9.32. The molecule has 1 aliphatic rings. The fourth-order valence-corrected chi connectivity index (χ4v) is 2.48. The van der Waals surface area contributed by atoms with E-state index in [0.717, 1.165) is 23.5 Å². The molecule has 2 rings (SSSR count). The van der Waals surface area contributed by atoms with Gasteiger partial charge in [-0.15, -0.1) is 0 Å². The van der Waals surface area contributed by atoms with Crippen LogP contribution in [0.1, 0.15) is 21.8 Å². The van der Waals surface area contributed by atoms with Crippen LogP contribution in [0, 0.1) is 6.92 Å². The SMILES string of the molecule is COC1CNC(C(=O)c2cc(C)ns2)C1. The second-order valence-corrected chi connectivity index (χ2v) is 4.56. The smallest absolute Gasteiger partial charge is 0.191 e. The normalized spacial score (nSPS) is 25.7. The number of aryl methyl sites for hydroxylation is 1. The van der Waals surface area contributed by atoms with Crippen LogP contribution < -0.4 is 5.32 Å². The van der Waals surface area contributed by atoms with Crippen LogP contribution in [0.15, 0.2) is 6.07 Å². The molecule has 1 aliphatic heterocycles. The highest BCUT2D eigenvalue weighted by atomic mass is 32.1. The number of rotatable bonds is 3. The van der Waals surface area contributed by atoms with Gasteiger partial charge in [-0.2, -0.15) is 4.37 Å². The Hall–Kier alpha value is -0.780. The van der Waals surface area contributed by atoms with Crippen LogP contribution in [0.3, 0.4) is 0 Å². The highest BCUT2D eigenvalue weighted by Crippen LogP contribution is 2.17. The van der Waals surface area contributed by atoms with Crippen LogP contribution in [0.2, 0.25) is 0 Å². The van der Waals surface area contributed by atoms with Gasteiger partial charge in [-0.3, -0.25) is 4.79 Å². The van der Waals surface area contributed by atoms with Gasteiger partial charge >= 0.3 is 0 Å². The lowest BCUT2D eigenvalue weighted by molar-refractivity contribution is 0.0922. The summed E-state index contributed by atoms with van der Waals surface area (Å²) in [5.74, 6) is 0.139. The first-order chi connectivity index (χ1) is 7.20. The molecule has 2 unspecified atom stereocenters. The number of carbonyl (C=O) groups is 1. The molecular formula is C10H14N2O2S. The molecule has 1 saturated heterocycles. The maximum Gasteiger partial charge on any atom is 0.191 e. The zero-order valence-corrected chi connectivity index (χ0v) is 9.63. The standard InChI is InChI=1S/C10H14N2O2S/c1-6-3-9(15-12-6)10(13)8-4-7(14-2)5-11-8/h3,7-8,11H,4-5H2,1-2H3. The molecule has 2 heterocycles. The van der Waals surface area contributed by atoms with Crippen molar-refractivity contribution in [1.29, 1.82) is 0 Å². The van der Waals surface area contributed by atoms with Crippen LogP contribution in [0.25, 0.3) is 0 Å². The lowest BCUT2D eigenvalue weighted by Gasteiger charge is -2.06. The number of hydrogen-bond acceptors (Lipinski definition) is 5. The fraction of sp³-hybridized carbons (Fsp3) is 0.600. The number of hydrogen-bond donors (Lipinski definition) is 1. The number of ketones is 1.